The highest BCUT2D eigenvalue weighted by Gasteiger charge is 2.46. The van der Waals surface area contributed by atoms with Gasteiger partial charge in [-0.15, -0.1) is 0 Å². The Hall–Kier alpha value is -2.22. The minimum absolute atomic E-state index is 0.0775. The van der Waals surface area contributed by atoms with Crippen LogP contribution in [0.1, 0.15) is 57.4 Å². The summed E-state index contributed by atoms with van der Waals surface area (Å²) in [6.45, 7) is 3.47. The average molecular weight is 415 g/mol. The van der Waals surface area contributed by atoms with Gasteiger partial charge in [-0.05, 0) is 61.1 Å². The van der Waals surface area contributed by atoms with Gasteiger partial charge in [-0.3, -0.25) is 9.59 Å². The number of nitrogens with one attached hydrogen (secondary N) is 2. The van der Waals surface area contributed by atoms with E-state index < -0.39 is 23.8 Å². The van der Waals surface area contributed by atoms with Crippen LogP contribution in [-0.4, -0.2) is 37.4 Å². The third-order valence-corrected chi connectivity index (χ3v) is 6.40. The molecule has 1 aromatic rings. The highest BCUT2D eigenvalue weighted by molar-refractivity contribution is 6.59. The maximum Gasteiger partial charge on any atom is 0.241 e. The van der Waals surface area contributed by atoms with Crippen LogP contribution in [0.3, 0.4) is 0 Å². The van der Waals surface area contributed by atoms with Gasteiger partial charge in [-0.25, -0.2) is 4.39 Å². The van der Waals surface area contributed by atoms with Crippen molar-refractivity contribution in [1.29, 1.82) is 0 Å². The van der Waals surface area contributed by atoms with Crippen molar-refractivity contribution in [1.82, 2.24) is 5.32 Å². The molecule has 4 N–H and O–H groups in total. The number of hydrogen-bond donors (Lipinski definition) is 3. The van der Waals surface area contributed by atoms with E-state index in [4.69, 9.17) is 5.73 Å². The van der Waals surface area contributed by atoms with Gasteiger partial charge in [0.25, 0.3) is 0 Å². The molecule has 2 amide bonds. The maximum atomic E-state index is 14.7. The van der Waals surface area contributed by atoms with Crippen molar-refractivity contribution in [2.45, 2.75) is 64.0 Å². The van der Waals surface area contributed by atoms with E-state index in [9.17, 15) is 18.8 Å². The van der Waals surface area contributed by atoms with Crippen LogP contribution in [0.4, 0.5) is 10.1 Å². The molecule has 2 aliphatic rings. The fraction of sp³-hybridized carbons (Fsp3) is 0.591. The standard InChI is InChI=1S/C22H31BFN3O3/c1-3-17(28)27-20(21(23)29)11(2)14-8-9-16(15(24)10-14)26-22(30)19(25)18(12-4-5-12)13-6-7-13/h8-13,18-20H,3-7,23,25H2,1-2H3,(H,26,30)(H,27,28)/t11-,19-,20+/m0/s1. The van der Waals surface area contributed by atoms with Crippen molar-refractivity contribution in [3.8, 4) is 0 Å². The van der Waals surface area contributed by atoms with Gasteiger partial charge in [-0.1, -0.05) is 19.9 Å². The summed E-state index contributed by atoms with van der Waals surface area (Å²) in [7, 11) is 1.40. The van der Waals surface area contributed by atoms with Crippen molar-refractivity contribution in [2.24, 2.45) is 23.5 Å². The Morgan fingerprint density at radius 3 is 2.27 bits per heavy atom. The molecule has 2 fully saturated rings. The Morgan fingerprint density at radius 1 is 1.20 bits per heavy atom. The maximum absolute atomic E-state index is 14.7. The fourth-order valence-electron chi connectivity index (χ4n) is 4.29. The van der Waals surface area contributed by atoms with Gasteiger partial charge in [0, 0.05) is 12.3 Å². The Kier molecular flexibility index (Phi) is 6.96. The van der Waals surface area contributed by atoms with Crippen LogP contribution in [0.15, 0.2) is 18.2 Å². The lowest BCUT2D eigenvalue weighted by Crippen LogP contribution is -2.44. The third-order valence-electron chi connectivity index (χ3n) is 6.40. The first kappa shape index (κ1) is 22.5. The Bertz CT molecular complexity index is 814. The lowest BCUT2D eigenvalue weighted by atomic mass is 9.83. The van der Waals surface area contributed by atoms with Gasteiger partial charge in [0.05, 0.1) is 17.8 Å². The van der Waals surface area contributed by atoms with Crippen LogP contribution >= 0.6 is 0 Å². The Morgan fingerprint density at radius 2 is 1.80 bits per heavy atom. The van der Waals surface area contributed by atoms with Crippen molar-refractivity contribution >= 4 is 31.0 Å². The monoisotopic (exact) mass is 415 g/mol. The molecule has 8 heteroatoms. The van der Waals surface area contributed by atoms with Gasteiger partial charge >= 0.3 is 0 Å². The molecule has 0 heterocycles. The first-order chi connectivity index (χ1) is 14.2. The van der Waals surface area contributed by atoms with E-state index in [1.54, 1.807) is 19.9 Å². The van der Waals surface area contributed by atoms with E-state index in [0.29, 0.717) is 17.4 Å². The molecular weight excluding hydrogens is 384 g/mol. The number of nitrogens with two attached hydrogens (primary N) is 1. The molecule has 0 radical (unpaired) electrons. The summed E-state index contributed by atoms with van der Waals surface area (Å²) in [6, 6.07) is 3.10. The van der Waals surface area contributed by atoms with E-state index in [-0.39, 0.29) is 35.5 Å². The minimum atomic E-state index is -0.733. The minimum Gasteiger partial charge on any atom is -0.347 e. The number of benzene rings is 1. The second-order valence-electron chi connectivity index (χ2n) is 8.80. The molecule has 162 valence electrons. The second-order valence-corrected chi connectivity index (χ2v) is 8.80. The molecule has 0 bridgehead atoms. The summed E-state index contributed by atoms with van der Waals surface area (Å²) < 4.78 is 14.7. The van der Waals surface area contributed by atoms with E-state index in [1.807, 2.05) is 0 Å². The molecule has 2 aliphatic carbocycles. The molecule has 0 spiro atoms. The smallest absolute Gasteiger partial charge is 0.241 e. The van der Waals surface area contributed by atoms with E-state index in [2.05, 4.69) is 10.6 Å². The molecule has 2 saturated carbocycles. The molecule has 0 unspecified atom stereocenters. The molecule has 3 atom stereocenters. The summed E-state index contributed by atoms with van der Waals surface area (Å²) >= 11 is 0. The first-order valence-corrected chi connectivity index (χ1v) is 10.9. The number of rotatable bonds is 10. The van der Waals surface area contributed by atoms with Crippen molar-refractivity contribution in [3.05, 3.63) is 29.6 Å². The number of carbonyl (C=O) groups excluding carboxylic acids is 3. The molecule has 3 rings (SSSR count). The predicted octanol–water partition coefficient (Wildman–Crippen LogP) is 1.69. The van der Waals surface area contributed by atoms with Crippen LogP contribution < -0.4 is 16.4 Å². The number of halogens is 1. The Balaban J connectivity index is 1.68. The highest BCUT2D eigenvalue weighted by Crippen LogP contribution is 2.50. The van der Waals surface area contributed by atoms with Crippen LogP contribution in [0.5, 0.6) is 0 Å². The second kappa shape index (κ2) is 9.29. The van der Waals surface area contributed by atoms with Gasteiger partial charge in [0.15, 0.2) is 7.85 Å². The molecule has 6 nitrogen and oxygen atoms in total. The molecule has 0 aromatic heterocycles. The van der Waals surface area contributed by atoms with Crippen LogP contribution in [0.25, 0.3) is 0 Å². The molecule has 0 aliphatic heterocycles. The third kappa shape index (κ3) is 5.28. The molecular formula is C22H31BFN3O3. The number of anilines is 1. The van der Waals surface area contributed by atoms with Crippen molar-refractivity contribution in [2.75, 3.05) is 5.32 Å². The van der Waals surface area contributed by atoms with Crippen LogP contribution in [0.2, 0.25) is 0 Å². The van der Waals surface area contributed by atoms with E-state index >= 15 is 0 Å². The quantitative estimate of drug-likeness (QED) is 0.506. The summed E-state index contributed by atoms with van der Waals surface area (Å²) in [5, 5.41) is 5.33. The number of carbonyl (C=O) groups is 3. The predicted molar refractivity (Wildman–Crippen MR) is 116 cm³/mol. The normalized spacial score (nSPS) is 19.1. The molecule has 1 aromatic carbocycles. The zero-order valence-electron chi connectivity index (χ0n) is 17.9. The van der Waals surface area contributed by atoms with Gasteiger partial charge in [0.2, 0.25) is 11.8 Å². The van der Waals surface area contributed by atoms with Crippen LogP contribution in [0, 0.1) is 23.6 Å². The first-order valence-electron chi connectivity index (χ1n) is 10.9. The lowest BCUT2D eigenvalue weighted by molar-refractivity contribution is -0.125. The van der Waals surface area contributed by atoms with Gasteiger partial charge in [-0.2, -0.15) is 0 Å². The SMILES string of the molecule is BC(=O)[C@H](NC(=O)CC)[C@@H](C)c1ccc(NC(=O)[C@@H](N)C(C2CC2)C2CC2)c(F)c1. The van der Waals surface area contributed by atoms with Gasteiger partial charge in [0.1, 0.15) is 11.5 Å². The van der Waals surface area contributed by atoms with E-state index in [1.165, 1.54) is 20.0 Å². The fourth-order valence-corrected chi connectivity index (χ4v) is 4.29. The van der Waals surface area contributed by atoms with Crippen LogP contribution in [-0.2, 0) is 14.4 Å². The molecule has 30 heavy (non-hydrogen) atoms. The zero-order valence-corrected chi connectivity index (χ0v) is 17.9. The Labute approximate surface area is 178 Å². The average Bonchev–Trinajstić information content (AvgIpc) is 3.61. The van der Waals surface area contributed by atoms with Gasteiger partial charge < -0.3 is 21.2 Å². The lowest BCUT2D eigenvalue weighted by Gasteiger charge is -2.25. The summed E-state index contributed by atoms with van der Waals surface area (Å²) in [5.74, 6) is -0.351. The zero-order chi connectivity index (χ0) is 22.0. The number of amides is 2. The topological polar surface area (TPSA) is 101 Å². The molecule has 0 saturated heterocycles. The van der Waals surface area contributed by atoms with Crippen molar-refractivity contribution < 1.29 is 18.8 Å². The van der Waals surface area contributed by atoms with Crippen molar-refractivity contribution in [3.63, 3.8) is 0 Å². The summed E-state index contributed by atoms with van der Waals surface area (Å²) in [4.78, 5) is 36.4. The summed E-state index contributed by atoms with van der Waals surface area (Å²) in [6.07, 6.45) is 4.74. The van der Waals surface area contributed by atoms with E-state index in [0.717, 1.165) is 25.7 Å². The largest absolute Gasteiger partial charge is 0.347 e. The highest BCUT2D eigenvalue weighted by atomic mass is 19.1. The number of hydrogen-bond acceptors (Lipinski definition) is 4. The summed E-state index contributed by atoms with van der Waals surface area (Å²) in [5.41, 5.74) is 6.69.